The second-order valence-corrected chi connectivity index (χ2v) is 5.87. The molecule has 21 heavy (non-hydrogen) atoms. The number of anilines is 1. The topological polar surface area (TPSA) is 76.4 Å². The number of benzene rings is 1. The van der Waals surface area contributed by atoms with Crippen LogP contribution in [-0.4, -0.2) is 38.3 Å². The Hall–Kier alpha value is -1.37. The number of ether oxygens (including phenoxy) is 1. The maximum Gasteiger partial charge on any atom is 0.271 e. The molecule has 1 fully saturated rings. The molecule has 116 valence electrons. The lowest BCUT2D eigenvalue weighted by Gasteiger charge is -2.37. The fourth-order valence-corrected chi connectivity index (χ4v) is 2.92. The van der Waals surface area contributed by atoms with Gasteiger partial charge < -0.3 is 15.4 Å². The molecule has 0 radical (unpaired) electrons. The zero-order chi connectivity index (χ0) is 15.3. The van der Waals surface area contributed by atoms with Crippen molar-refractivity contribution >= 4 is 23.0 Å². The van der Waals surface area contributed by atoms with Crippen molar-refractivity contribution < 1.29 is 9.66 Å². The first-order valence-electron chi connectivity index (χ1n) is 6.94. The van der Waals surface area contributed by atoms with Crippen molar-refractivity contribution in [3.63, 3.8) is 0 Å². The van der Waals surface area contributed by atoms with Gasteiger partial charge in [0.1, 0.15) is 0 Å². The third kappa shape index (κ3) is 4.06. The Bertz CT molecular complexity index is 499. The van der Waals surface area contributed by atoms with Crippen LogP contribution in [0.3, 0.4) is 0 Å². The molecule has 0 saturated carbocycles. The highest BCUT2D eigenvalue weighted by molar-refractivity contribution is 6.33. The maximum atomic E-state index is 10.7. The molecule has 0 bridgehead atoms. The van der Waals surface area contributed by atoms with Crippen molar-refractivity contribution in [2.75, 3.05) is 38.7 Å². The lowest BCUT2D eigenvalue weighted by Crippen LogP contribution is -2.44. The molecule has 1 aromatic carbocycles. The van der Waals surface area contributed by atoms with Crippen LogP contribution in [0, 0.1) is 15.5 Å². The van der Waals surface area contributed by atoms with E-state index in [2.05, 4.69) is 10.6 Å². The molecule has 1 saturated heterocycles. The molecule has 1 aromatic rings. The fourth-order valence-electron chi connectivity index (χ4n) is 2.68. The normalized spacial score (nSPS) is 17.4. The van der Waals surface area contributed by atoms with Crippen molar-refractivity contribution in [3.05, 3.63) is 33.3 Å². The van der Waals surface area contributed by atoms with Crippen LogP contribution in [-0.2, 0) is 4.74 Å². The van der Waals surface area contributed by atoms with E-state index < -0.39 is 4.92 Å². The largest absolute Gasteiger partial charge is 0.384 e. The van der Waals surface area contributed by atoms with E-state index in [9.17, 15) is 10.1 Å². The van der Waals surface area contributed by atoms with Gasteiger partial charge in [-0.3, -0.25) is 10.1 Å². The molecule has 0 spiro atoms. The van der Waals surface area contributed by atoms with Gasteiger partial charge in [0.25, 0.3) is 5.69 Å². The van der Waals surface area contributed by atoms with Crippen molar-refractivity contribution in [1.82, 2.24) is 5.32 Å². The van der Waals surface area contributed by atoms with Gasteiger partial charge in [-0.05, 0) is 32.0 Å². The Morgan fingerprint density at radius 3 is 2.76 bits per heavy atom. The molecule has 6 nitrogen and oxygen atoms in total. The van der Waals surface area contributed by atoms with Crippen molar-refractivity contribution in [2.45, 2.75) is 12.8 Å². The van der Waals surface area contributed by atoms with E-state index >= 15 is 0 Å². The Morgan fingerprint density at radius 1 is 1.48 bits per heavy atom. The molecule has 1 heterocycles. The summed E-state index contributed by atoms with van der Waals surface area (Å²) in [5.74, 6) is 0. The molecule has 2 N–H and O–H groups in total. The number of hydrogen-bond acceptors (Lipinski definition) is 5. The summed E-state index contributed by atoms with van der Waals surface area (Å²) in [5, 5.41) is 17.7. The Labute approximate surface area is 129 Å². The summed E-state index contributed by atoms with van der Waals surface area (Å²) < 4.78 is 5.36. The summed E-state index contributed by atoms with van der Waals surface area (Å²) in [4.78, 5) is 10.3. The number of nitrogens with one attached hydrogen (secondary N) is 2. The van der Waals surface area contributed by atoms with E-state index in [-0.39, 0.29) is 11.1 Å². The second kappa shape index (κ2) is 7.06. The van der Waals surface area contributed by atoms with Crippen LogP contribution in [0.4, 0.5) is 11.4 Å². The molecule has 7 heteroatoms. The molecular formula is C14H20ClN3O3. The molecule has 0 aromatic heterocycles. The molecule has 0 unspecified atom stereocenters. The average Bonchev–Trinajstić information content (AvgIpc) is 2.47. The minimum atomic E-state index is -0.450. The molecule has 2 rings (SSSR count). The van der Waals surface area contributed by atoms with Crippen LogP contribution >= 0.6 is 11.6 Å². The molecule has 0 amide bonds. The Balaban J connectivity index is 2.05. The Morgan fingerprint density at radius 2 is 2.19 bits per heavy atom. The SMILES string of the molecule is COCC1(CNc2ccc([N+](=O)[O-])cc2Cl)CCNCC1. The first-order valence-corrected chi connectivity index (χ1v) is 7.32. The quantitative estimate of drug-likeness (QED) is 0.624. The van der Waals surface area contributed by atoms with Crippen molar-refractivity contribution in [2.24, 2.45) is 5.41 Å². The molecule has 1 aliphatic heterocycles. The summed E-state index contributed by atoms with van der Waals surface area (Å²) in [6.45, 7) is 3.37. The zero-order valence-electron chi connectivity index (χ0n) is 12.0. The second-order valence-electron chi connectivity index (χ2n) is 5.46. The lowest BCUT2D eigenvalue weighted by molar-refractivity contribution is -0.384. The zero-order valence-corrected chi connectivity index (χ0v) is 12.8. The third-order valence-corrected chi connectivity index (χ3v) is 4.24. The van der Waals surface area contributed by atoms with E-state index in [1.165, 1.54) is 12.1 Å². The van der Waals surface area contributed by atoms with E-state index in [0.29, 0.717) is 11.6 Å². The first kappa shape index (κ1) is 16.0. The van der Waals surface area contributed by atoms with Crippen LogP contribution < -0.4 is 10.6 Å². The number of halogens is 1. The number of hydrogen-bond donors (Lipinski definition) is 2. The predicted octanol–water partition coefficient (Wildman–Crippen LogP) is 2.68. The summed E-state index contributed by atoms with van der Waals surface area (Å²) >= 11 is 6.10. The summed E-state index contributed by atoms with van der Waals surface area (Å²) in [6.07, 6.45) is 2.05. The summed E-state index contributed by atoms with van der Waals surface area (Å²) in [5.41, 5.74) is 0.792. The number of nitro groups is 1. The van der Waals surface area contributed by atoms with Gasteiger partial charge in [0, 0.05) is 31.2 Å². The number of nitro benzene ring substituents is 1. The van der Waals surface area contributed by atoms with Gasteiger partial charge in [0.2, 0.25) is 0 Å². The van der Waals surface area contributed by atoms with Gasteiger partial charge in [0.15, 0.2) is 0 Å². The Kier molecular flexibility index (Phi) is 5.39. The minimum Gasteiger partial charge on any atom is -0.384 e. The summed E-state index contributed by atoms with van der Waals surface area (Å²) in [6, 6.07) is 4.48. The van der Waals surface area contributed by atoms with E-state index in [1.54, 1.807) is 13.2 Å². The van der Waals surface area contributed by atoms with Crippen LogP contribution in [0.2, 0.25) is 5.02 Å². The lowest BCUT2D eigenvalue weighted by atomic mass is 9.79. The highest BCUT2D eigenvalue weighted by atomic mass is 35.5. The number of non-ortho nitro benzene ring substituents is 1. The number of methoxy groups -OCH3 is 1. The predicted molar refractivity (Wildman–Crippen MR) is 83.0 cm³/mol. The van der Waals surface area contributed by atoms with Gasteiger partial charge in [0.05, 0.1) is 22.2 Å². The highest BCUT2D eigenvalue weighted by Gasteiger charge is 2.32. The third-order valence-electron chi connectivity index (χ3n) is 3.93. The molecule has 1 aliphatic rings. The highest BCUT2D eigenvalue weighted by Crippen LogP contribution is 2.32. The van der Waals surface area contributed by atoms with Gasteiger partial charge in [-0.25, -0.2) is 0 Å². The number of rotatable bonds is 6. The fraction of sp³-hybridized carbons (Fsp3) is 0.571. The van der Waals surface area contributed by atoms with E-state index in [1.807, 2.05) is 0 Å². The van der Waals surface area contributed by atoms with Crippen LogP contribution in [0.5, 0.6) is 0 Å². The molecular weight excluding hydrogens is 294 g/mol. The van der Waals surface area contributed by atoms with Crippen LogP contribution in [0.1, 0.15) is 12.8 Å². The maximum absolute atomic E-state index is 10.7. The van der Waals surface area contributed by atoms with Gasteiger partial charge in [-0.15, -0.1) is 0 Å². The monoisotopic (exact) mass is 313 g/mol. The first-order chi connectivity index (χ1) is 10.1. The molecule has 0 aliphatic carbocycles. The average molecular weight is 314 g/mol. The van der Waals surface area contributed by atoms with Crippen LogP contribution in [0.15, 0.2) is 18.2 Å². The van der Waals surface area contributed by atoms with E-state index in [0.717, 1.165) is 38.2 Å². The molecule has 0 atom stereocenters. The number of nitrogens with zero attached hydrogens (tertiary/aromatic N) is 1. The smallest absolute Gasteiger partial charge is 0.271 e. The standard InChI is InChI=1S/C14H20ClN3O3/c1-21-10-14(4-6-16-7-5-14)9-17-13-3-2-11(18(19)20)8-12(13)15/h2-3,8,16-17H,4-7,9-10H2,1H3. The van der Waals surface area contributed by atoms with Gasteiger partial charge >= 0.3 is 0 Å². The minimum absolute atomic E-state index is 0.000906. The van der Waals surface area contributed by atoms with Crippen molar-refractivity contribution in [1.29, 1.82) is 0 Å². The van der Waals surface area contributed by atoms with E-state index in [4.69, 9.17) is 16.3 Å². The van der Waals surface area contributed by atoms with Gasteiger partial charge in [-0.1, -0.05) is 11.6 Å². The number of piperidine rings is 1. The summed E-state index contributed by atoms with van der Waals surface area (Å²) in [7, 11) is 1.71. The van der Waals surface area contributed by atoms with Crippen LogP contribution in [0.25, 0.3) is 0 Å². The van der Waals surface area contributed by atoms with Crippen molar-refractivity contribution in [3.8, 4) is 0 Å². The van der Waals surface area contributed by atoms with Gasteiger partial charge in [-0.2, -0.15) is 0 Å².